The van der Waals surface area contributed by atoms with Gasteiger partial charge in [-0.05, 0) is 37.8 Å². The van der Waals surface area contributed by atoms with Crippen LogP contribution in [0.25, 0.3) is 10.9 Å². The fourth-order valence-electron chi connectivity index (χ4n) is 6.15. The van der Waals surface area contributed by atoms with Crippen LogP contribution in [0.2, 0.25) is 0 Å². The molecule has 230 valence electrons. The van der Waals surface area contributed by atoms with Crippen molar-refractivity contribution in [3.8, 4) is 5.75 Å². The molecule has 3 amide bonds. The van der Waals surface area contributed by atoms with Gasteiger partial charge in [0.2, 0.25) is 11.8 Å². The van der Waals surface area contributed by atoms with Crippen molar-refractivity contribution in [2.24, 2.45) is 0 Å². The lowest BCUT2D eigenvalue weighted by atomic mass is 9.88. The van der Waals surface area contributed by atoms with Gasteiger partial charge in [0.15, 0.2) is 0 Å². The number of hydrogen-bond acceptors (Lipinski definition) is 7. The van der Waals surface area contributed by atoms with E-state index in [1.807, 2.05) is 4.90 Å². The van der Waals surface area contributed by atoms with Gasteiger partial charge in [-0.2, -0.15) is 0 Å². The van der Waals surface area contributed by atoms with Crippen molar-refractivity contribution in [2.75, 3.05) is 38.8 Å². The van der Waals surface area contributed by atoms with Crippen LogP contribution in [0, 0.1) is 0 Å². The summed E-state index contributed by atoms with van der Waals surface area (Å²) in [5.41, 5.74) is 0.733. The number of methoxy groups -OCH3 is 1. The number of nitrogens with zero attached hydrogens (tertiary/aromatic N) is 2. The minimum atomic E-state index is -3.31. The highest BCUT2D eigenvalue weighted by Gasteiger charge is 2.35. The van der Waals surface area contributed by atoms with Gasteiger partial charge in [-0.3, -0.25) is 19.2 Å². The second kappa shape index (κ2) is 14.2. The molecule has 12 heteroatoms. The summed E-state index contributed by atoms with van der Waals surface area (Å²) in [6.45, 7) is -1.09. The molecular formula is C30H42N4O7S. The molecule has 2 saturated carbocycles. The van der Waals surface area contributed by atoms with Crippen molar-refractivity contribution in [1.82, 2.24) is 20.1 Å². The highest BCUT2D eigenvalue weighted by molar-refractivity contribution is 7.90. The van der Waals surface area contributed by atoms with Gasteiger partial charge in [-0.1, -0.05) is 38.5 Å². The fraction of sp³-hybridized carbons (Fsp3) is 0.600. The van der Waals surface area contributed by atoms with E-state index in [1.165, 1.54) is 13.3 Å². The van der Waals surface area contributed by atoms with Gasteiger partial charge >= 0.3 is 0 Å². The van der Waals surface area contributed by atoms with Crippen molar-refractivity contribution < 1.29 is 32.3 Å². The Kier molecular flexibility index (Phi) is 10.6. The monoisotopic (exact) mass is 602 g/mol. The molecule has 0 aliphatic heterocycles. The maximum atomic E-state index is 14.0. The number of carbonyl (C=O) groups excluding carboxylic acids is 4. The zero-order valence-electron chi connectivity index (χ0n) is 24.5. The van der Waals surface area contributed by atoms with Crippen LogP contribution in [0.1, 0.15) is 74.6 Å². The normalized spacial score (nSPS) is 16.6. The Morgan fingerprint density at radius 1 is 0.952 bits per heavy atom. The van der Waals surface area contributed by atoms with Crippen LogP contribution >= 0.6 is 0 Å². The Bertz CT molecular complexity index is 1370. The average Bonchev–Trinajstić information content (AvgIpc) is 3.40. The largest absolute Gasteiger partial charge is 0.497 e. The smallest absolute Gasteiger partial charge is 0.295 e. The number of carbonyl (C=O) groups is 4. The number of amides is 3. The molecule has 2 fully saturated rings. The number of sulfone groups is 1. The standard InChI is InChI=1S/C30H42N4O7S/c1-41-23-13-14-24-25(18-32-26(24)17-23)29(37)30(38)33(19-27(35)31-15-16-42(2,39)40)20-28(36)34(21-9-5-3-6-10-21)22-11-7-4-8-12-22/h13-14,17-18,21-22,32H,3-12,15-16,19-20H2,1-2H3,(H,31,35). The van der Waals surface area contributed by atoms with E-state index >= 15 is 0 Å². The van der Waals surface area contributed by atoms with E-state index in [1.54, 1.807) is 18.2 Å². The third kappa shape index (κ3) is 8.11. The summed E-state index contributed by atoms with van der Waals surface area (Å²) in [4.78, 5) is 59.9. The molecule has 0 unspecified atom stereocenters. The van der Waals surface area contributed by atoms with Gasteiger partial charge in [0.1, 0.15) is 28.7 Å². The number of H-pyrrole nitrogens is 1. The summed E-state index contributed by atoms with van der Waals surface area (Å²) in [6.07, 6.45) is 12.5. The quantitative estimate of drug-likeness (QED) is 0.281. The number of aromatic nitrogens is 1. The van der Waals surface area contributed by atoms with Gasteiger partial charge in [-0.25, -0.2) is 8.42 Å². The fourth-order valence-corrected chi connectivity index (χ4v) is 6.63. The number of hydrogen-bond donors (Lipinski definition) is 2. The van der Waals surface area contributed by atoms with Gasteiger partial charge in [0, 0.05) is 48.1 Å². The number of aromatic amines is 1. The number of rotatable bonds is 12. The summed E-state index contributed by atoms with van der Waals surface area (Å²) in [7, 11) is -1.78. The SMILES string of the molecule is COc1ccc2c(C(=O)C(=O)N(CC(=O)NCCS(C)(=O)=O)CC(=O)N(C3CCCCC3)C3CCCCC3)c[nH]c2c1. The van der Waals surface area contributed by atoms with Crippen molar-refractivity contribution >= 4 is 44.2 Å². The Morgan fingerprint density at radius 2 is 1.57 bits per heavy atom. The molecule has 1 heterocycles. The van der Waals surface area contributed by atoms with Crippen LogP contribution in [-0.2, 0) is 24.2 Å². The third-order valence-electron chi connectivity index (χ3n) is 8.29. The molecule has 1 aromatic heterocycles. The van der Waals surface area contributed by atoms with E-state index in [4.69, 9.17) is 4.74 Å². The molecule has 0 spiro atoms. The van der Waals surface area contributed by atoms with Crippen molar-refractivity contribution in [2.45, 2.75) is 76.3 Å². The number of nitrogens with one attached hydrogen (secondary N) is 2. The van der Waals surface area contributed by atoms with E-state index in [-0.39, 0.29) is 35.9 Å². The minimum Gasteiger partial charge on any atom is -0.497 e. The second-order valence-electron chi connectivity index (χ2n) is 11.5. The molecule has 1 aromatic carbocycles. The highest BCUT2D eigenvalue weighted by atomic mass is 32.2. The molecule has 2 N–H and O–H groups in total. The highest BCUT2D eigenvalue weighted by Crippen LogP contribution is 2.31. The number of fused-ring (bicyclic) bond motifs is 1. The van der Waals surface area contributed by atoms with Gasteiger partial charge in [0.05, 0.1) is 18.4 Å². The molecule has 4 rings (SSSR count). The molecule has 2 aromatic rings. The van der Waals surface area contributed by atoms with E-state index in [0.29, 0.717) is 16.7 Å². The second-order valence-corrected chi connectivity index (χ2v) is 13.7. The van der Waals surface area contributed by atoms with E-state index in [2.05, 4.69) is 10.3 Å². The molecule has 2 aliphatic carbocycles. The molecule has 0 atom stereocenters. The number of Topliss-reactive ketones (excluding diaryl/α,β-unsaturated/α-hetero) is 1. The molecule has 2 aliphatic rings. The van der Waals surface area contributed by atoms with Crippen molar-refractivity contribution in [1.29, 1.82) is 0 Å². The molecule has 11 nitrogen and oxygen atoms in total. The van der Waals surface area contributed by atoms with E-state index in [9.17, 15) is 27.6 Å². The number of ketones is 1. The molecular weight excluding hydrogens is 560 g/mol. The Balaban J connectivity index is 1.57. The Morgan fingerprint density at radius 3 is 2.14 bits per heavy atom. The van der Waals surface area contributed by atoms with Gasteiger partial charge < -0.3 is 24.8 Å². The summed E-state index contributed by atoms with van der Waals surface area (Å²) in [5, 5.41) is 3.02. The summed E-state index contributed by atoms with van der Waals surface area (Å²) < 4.78 is 28.3. The first kappa shape index (κ1) is 31.5. The summed E-state index contributed by atoms with van der Waals surface area (Å²) in [5.74, 6) is -2.39. The van der Waals surface area contributed by atoms with Gasteiger partial charge in [0.25, 0.3) is 11.7 Å². The topological polar surface area (TPSA) is 146 Å². The van der Waals surface area contributed by atoms with Crippen molar-refractivity contribution in [3.05, 3.63) is 30.0 Å². The Hall–Kier alpha value is -3.41. The molecule has 0 bridgehead atoms. The average molecular weight is 603 g/mol. The lowest BCUT2D eigenvalue weighted by Crippen LogP contribution is -2.54. The maximum absolute atomic E-state index is 14.0. The van der Waals surface area contributed by atoms with Gasteiger partial charge in [-0.15, -0.1) is 0 Å². The lowest BCUT2D eigenvalue weighted by Gasteiger charge is -2.42. The van der Waals surface area contributed by atoms with Crippen molar-refractivity contribution in [3.63, 3.8) is 0 Å². The van der Waals surface area contributed by atoms with E-state index < -0.39 is 40.5 Å². The summed E-state index contributed by atoms with van der Waals surface area (Å²) >= 11 is 0. The predicted octanol–water partition coefficient (Wildman–Crippen LogP) is 2.84. The zero-order chi connectivity index (χ0) is 30.3. The molecule has 42 heavy (non-hydrogen) atoms. The van der Waals surface area contributed by atoms with Crippen LogP contribution < -0.4 is 10.1 Å². The lowest BCUT2D eigenvalue weighted by molar-refractivity contribution is -0.144. The van der Waals surface area contributed by atoms with Crippen LogP contribution in [0.4, 0.5) is 0 Å². The van der Waals surface area contributed by atoms with Crippen LogP contribution in [0.3, 0.4) is 0 Å². The first-order valence-electron chi connectivity index (χ1n) is 14.8. The number of ether oxygens (including phenoxy) is 1. The summed E-state index contributed by atoms with van der Waals surface area (Å²) in [6, 6.07) is 5.22. The van der Waals surface area contributed by atoms with Crippen LogP contribution in [-0.4, -0.2) is 97.5 Å². The minimum absolute atomic E-state index is 0.0780. The predicted molar refractivity (Wildman–Crippen MR) is 159 cm³/mol. The Labute approximate surface area is 247 Å². The maximum Gasteiger partial charge on any atom is 0.295 e. The first-order chi connectivity index (χ1) is 20.1. The molecule has 0 saturated heterocycles. The third-order valence-corrected chi connectivity index (χ3v) is 9.24. The van der Waals surface area contributed by atoms with E-state index in [0.717, 1.165) is 75.4 Å². The van der Waals surface area contributed by atoms with Crippen LogP contribution in [0.15, 0.2) is 24.4 Å². The molecule has 0 radical (unpaired) electrons. The first-order valence-corrected chi connectivity index (χ1v) is 16.9. The zero-order valence-corrected chi connectivity index (χ0v) is 25.3. The number of benzene rings is 1. The van der Waals surface area contributed by atoms with Crippen LogP contribution in [0.5, 0.6) is 5.75 Å².